The van der Waals surface area contributed by atoms with Crippen LogP contribution in [0.3, 0.4) is 0 Å². The number of morpholine rings is 1. The standard InChI is InChI=1S/C22H28N6O3/c1-16-14-17(2)28(25-16)15-18-4-6-19(7-5-18)20-24-22(31-26-20)21(29)23-8-3-9-27-10-12-30-13-11-27/h4-7,14H,3,8-13,15H2,1-2H3,(H,23,29). The fraction of sp³-hybridized carbons (Fsp3) is 0.455. The van der Waals surface area contributed by atoms with Crippen LogP contribution < -0.4 is 5.32 Å². The van der Waals surface area contributed by atoms with Gasteiger partial charge in [-0.1, -0.05) is 29.4 Å². The Labute approximate surface area is 181 Å². The van der Waals surface area contributed by atoms with Crippen LogP contribution in [-0.4, -0.2) is 70.1 Å². The first kappa shape index (κ1) is 21.2. The van der Waals surface area contributed by atoms with Gasteiger partial charge in [0, 0.05) is 30.9 Å². The molecule has 1 aromatic carbocycles. The van der Waals surface area contributed by atoms with E-state index in [0.29, 0.717) is 18.9 Å². The number of ether oxygens (including phenoxy) is 1. The van der Waals surface area contributed by atoms with Gasteiger partial charge in [-0.25, -0.2) is 0 Å². The molecule has 31 heavy (non-hydrogen) atoms. The molecule has 0 bridgehead atoms. The van der Waals surface area contributed by atoms with Crippen molar-refractivity contribution in [1.82, 2.24) is 30.1 Å². The summed E-state index contributed by atoms with van der Waals surface area (Å²) in [5.41, 5.74) is 4.05. The number of nitrogens with one attached hydrogen (secondary N) is 1. The van der Waals surface area contributed by atoms with Crippen LogP contribution in [-0.2, 0) is 11.3 Å². The monoisotopic (exact) mass is 424 g/mol. The number of carbonyl (C=O) groups is 1. The van der Waals surface area contributed by atoms with Gasteiger partial charge in [0.1, 0.15) is 0 Å². The SMILES string of the molecule is Cc1cc(C)n(Cc2ccc(-c3noc(C(=O)NCCCN4CCOCC4)n3)cc2)n1. The Morgan fingerprint density at radius 2 is 1.94 bits per heavy atom. The van der Waals surface area contributed by atoms with Gasteiger partial charge in [0.05, 0.1) is 25.5 Å². The summed E-state index contributed by atoms with van der Waals surface area (Å²) in [4.78, 5) is 18.9. The Kier molecular flexibility index (Phi) is 6.73. The van der Waals surface area contributed by atoms with Gasteiger partial charge in [0.15, 0.2) is 0 Å². The summed E-state index contributed by atoms with van der Waals surface area (Å²) >= 11 is 0. The van der Waals surface area contributed by atoms with E-state index in [0.717, 1.165) is 61.8 Å². The van der Waals surface area contributed by atoms with E-state index in [9.17, 15) is 4.79 Å². The second-order valence-electron chi connectivity index (χ2n) is 7.77. The fourth-order valence-electron chi connectivity index (χ4n) is 3.61. The highest BCUT2D eigenvalue weighted by Crippen LogP contribution is 2.17. The lowest BCUT2D eigenvalue weighted by Crippen LogP contribution is -2.38. The maximum absolute atomic E-state index is 12.3. The molecule has 1 amide bonds. The van der Waals surface area contributed by atoms with E-state index >= 15 is 0 Å². The Morgan fingerprint density at radius 3 is 2.65 bits per heavy atom. The van der Waals surface area contributed by atoms with Crippen molar-refractivity contribution in [3.8, 4) is 11.4 Å². The number of rotatable bonds is 8. The lowest BCUT2D eigenvalue weighted by Gasteiger charge is -2.26. The average Bonchev–Trinajstić information content (AvgIpc) is 3.39. The van der Waals surface area contributed by atoms with Crippen molar-refractivity contribution < 1.29 is 14.1 Å². The minimum absolute atomic E-state index is 0.0203. The van der Waals surface area contributed by atoms with E-state index in [1.807, 2.05) is 42.8 Å². The molecule has 0 spiro atoms. The maximum atomic E-state index is 12.3. The molecule has 4 rings (SSSR count). The summed E-state index contributed by atoms with van der Waals surface area (Å²) < 4.78 is 12.5. The number of aryl methyl sites for hydroxylation is 2. The first-order valence-electron chi connectivity index (χ1n) is 10.6. The maximum Gasteiger partial charge on any atom is 0.316 e. The van der Waals surface area contributed by atoms with Crippen molar-refractivity contribution >= 4 is 5.91 Å². The molecule has 0 saturated carbocycles. The van der Waals surface area contributed by atoms with Gasteiger partial charge >= 0.3 is 11.8 Å². The molecular weight excluding hydrogens is 396 g/mol. The van der Waals surface area contributed by atoms with Crippen molar-refractivity contribution in [3.63, 3.8) is 0 Å². The lowest BCUT2D eigenvalue weighted by molar-refractivity contribution is 0.0374. The van der Waals surface area contributed by atoms with Crippen LogP contribution in [0.4, 0.5) is 0 Å². The van der Waals surface area contributed by atoms with Crippen molar-refractivity contribution in [3.05, 3.63) is 53.2 Å². The second-order valence-corrected chi connectivity index (χ2v) is 7.77. The highest BCUT2D eigenvalue weighted by Gasteiger charge is 2.16. The predicted octanol–water partition coefficient (Wildman–Crippen LogP) is 2.05. The zero-order valence-corrected chi connectivity index (χ0v) is 18.0. The van der Waals surface area contributed by atoms with Gasteiger partial charge in [-0.05, 0) is 38.4 Å². The van der Waals surface area contributed by atoms with Gasteiger partial charge in [-0.15, -0.1) is 0 Å². The third kappa shape index (κ3) is 5.56. The minimum atomic E-state index is -0.345. The predicted molar refractivity (Wildman–Crippen MR) is 115 cm³/mol. The van der Waals surface area contributed by atoms with Crippen LogP contribution in [0.2, 0.25) is 0 Å². The summed E-state index contributed by atoms with van der Waals surface area (Å²) in [5, 5.41) is 11.3. The molecule has 0 unspecified atom stereocenters. The van der Waals surface area contributed by atoms with E-state index in [2.05, 4.69) is 31.5 Å². The first-order valence-corrected chi connectivity index (χ1v) is 10.6. The van der Waals surface area contributed by atoms with Gasteiger partial charge in [-0.2, -0.15) is 10.1 Å². The molecular formula is C22H28N6O3. The molecule has 1 fully saturated rings. The van der Waals surface area contributed by atoms with E-state index < -0.39 is 0 Å². The number of benzene rings is 1. The summed E-state index contributed by atoms with van der Waals surface area (Å²) in [6.45, 7) is 9.68. The summed E-state index contributed by atoms with van der Waals surface area (Å²) in [6.07, 6.45) is 0.865. The van der Waals surface area contributed by atoms with Crippen molar-refractivity contribution in [2.45, 2.75) is 26.8 Å². The number of aromatic nitrogens is 4. The molecule has 3 heterocycles. The molecule has 1 aliphatic heterocycles. The molecule has 1 aliphatic rings. The van der Waals surface area contributed by atoms with Crippen LogP contribution in [0.1, 0.15) is 34.1 Å². The quantitative estimate of drug-likeness (QED) is 0.553. The van der Waals surface area contributed by atoms with Crippen molar-refractivity contribution in [1.29, 1.82) is 0 Å². The fourth-order valence-corrected chi connectivity index (χ4v) is 3.61. The summed E-state index contributed by atoms with van der Waals surface area (Å²) in [5.74, 6) is 0.0334. The van der Waals surface area contributed by atoms with Crippen LogP contribution in [0.25, 0.3) is 11.4 Å². The molecule has 9 heteroatoms. The highest BCUT2D eigenvalue weighted by atomic mass is 16.5. The Bertz CT molecular complexity index is 1000. The van der Waals surface area contributed by atoms with Gasteiger partial charge in [0.2, 0.25) is 5.82 Å². The number of hydrogen-bond acceptors (Lipinski definition) is 7. The second kappa shape index (κ2) is 9.84. The number of hydrogen-bond donors (Lipinski definition) is 1. The normalized spacial score (nSPS) is 14.6. The van der Waals surface area contributed by atoms with Crippen LogP contribution >= 0.6 is 0 Å². The molecule has 1 saturated heterocycles. The van der Waals surface area contributed by atoms with E-state index in [1.54, 1.807) is 0 Å². The smallest absolute Gasteiger partial charge is 0.316 e. The summed E-state index contributed by atoms with van der Waals surface area (Å²) in [6, 6.07) is 9.93. The zero-order valence-electron chi connectivity index (χ0n) is 18.0. The lowest BCUT2D eigenvalue weighted by atomic mass is 10.1. The molecule has 0 atom stereocenters. The third-order valence-corrected chi connectivity index (χ3v) is 5.31. The molecule has 0 radical (unpaired) electrons. The van der Waals surface area contributed by atoms with Crippen LogP contribution in [0.5, 0.6) is 0 Å². The highest BCUT2D eigenvalue weighted by molar-refractivity contribution is 5.89. The van der Waals surface area contributed by atoms with Gasteiger partial charge in [0.25, 0.3) is 0 Å². The molecule has 0 aliphatic carbocycles. The van der Waals surface area contributed by atoms with E-state index in [1.165, 1.54) is 0 Å². The Hall–Kier alpha value is -3.04. The number of nitrogens with zero attached hydrogens (tertiary/aromatic N) is 5. The molecule has 9 nitrogen and oxygen atoms in total. The Balaban J connectivity index is 1.28. The van der Waals surface area contributed by atoms with Crippen molar-refractivity contribution in [2.75, 3.05) is 39.4 Å². The molecule has 1 N–H and O–H groups in total. The van der Waals surface area contributed by atoms with E-state index in [4.69, 9.17) is 9.26 Å². The van der Waals surface area contributed by atoms with Crippen molar-refractivity contribution in [2.24, 2.45) is 0 Å². The van der Waals surface area contributed by atoms with Crippen LogP contribution in [0, 0.1) is 13.8 Å². The van der Waals surface area contributed by atoms with Gasteiger partial charge < -0.3 is 14.6 Å². The zero-order chi connectivity index (χ0) is 21.6. The third-order valence-electron chi connectivity index (χ3n) is 5.31. The van der Waals surface area contributed by atoms with E-state index in [-0.39, 0.29) is 11.8 Å². The largest absolute Gasteiger partial charge is 0.379 e. The van der Waals surface area contributed by atoms with Crippen LogP contribution in [0.15, 0.2) is 34.9 Å². The topological polar surface area (TPSA) is 98.3 Å². The molecule has 164 valence electrons. The Morgan fingerprint density at radius 1 is 1.16 bits per heavy atom. The first-order chi connectivity index (χ1) is 15.1. The average molecular weight is 425 g/mol. The molecule has 3 aromatic rings. The number of amides is 1. The minimum Gasteiger partial charge on any atom is -0.379 e. The summed E-state index contributed by atoms with van der Waals surface area (Å²) in [7, 11) is 0. The number of carbonyl (C=O) groups excluding carboxylic acids is 1. The van der Waals surface area contributed by atoms with Gasteiger partial charge in [-0.3, -0.25) is 14.4 Å². The molecule has 2 aromatic heterocycles.